The molecule has 0 spiro atoms. The number of benzene rings is 2. The highest BCUT2D eigenvalue weighted by atomic mass is 16.5. The zero-order valence-electron chi connectivity index (χ0n) is 16.8. The van der Waals surface area contributed by atoms with Crippen LogP contribution in [0.5, 0.6) is 5.75 Å². The number of nitrogens with one attached hydrogen (secondary N) is 1. The highest BCUT2D eigenvalue weighted by Crippen LogP contribution is 2.21. The number of hydrogen-bond donors (Lipinski definition) is 1. The van der Waals surface area contributed by atoms with Gasteiger partial charge in [-0.25, -0.2) is 4.98 Å². The molecule has 0 fully saturated rings. The summed E-state index contributed by atoms with van der Waals surface area (Å²) in [5, 5.41) is 3.29. The Morgan fingerprint density at radius 2 is 2.00 bits per heavy atom. The summed E-state index contributed by atoms with van der Waals surface area (Å²) < 4.78 is 12.2. The first-order valence-corrected chi connectivity index (χ1v) is 9.56. The second-order valence-corrected chi connectivity index (χ2v) is 6.85. The van der Waals surface area contributed by atoms with Gasteiger partial charge in [0.25, 0.3) is 11.5 Å². The van der Waals surface area contributed by atoms with Crippen molar-refractivity contribution in [3.8, 4) is 11.4 Å². The number of hydrogen-bond acceptors (Lipinski definition) is 5. The molecule has 1 amide bonds. The van der Waals surface area contributed by atoms with Crippen LogP contribution in [-0.2, 0) is 4.74 Å². The fourth-order valence-electron chi connectivity index (χ4n) is 2.96. The Bertz CT molecular complexity index is 1060. The Morgan fingerprint density at radius 1 is 1.21 bits per heavy atom. The van der Waals surface area contributed by atoms with Gasteiger partial charge in [0, 0.05) is 18.7 Å². The molecule has 0 aliphatic heterocycles. The molecule has 1 N–H and O–H groups in total. The number of rotatable bonds is 8. The topological polar surface area (TPSA) is 82.5 Å². The lowest BCUT2D eigenvalue weighted by atomic mass is 10.1. The molecule has 0 aliphatic carbocycles. The summed E-state index contributed by atoms with van der Waals surface area (Å²) in [6.07, 6.45) is 2.37. The molecule has 2 aromatic carbocycles. The number of fused-ring (bicyclic) bond motifs is 1. The van der Waals surface area contributed by atoms with Crippen molar-refractivity contribution >= 4 is 16.8 Å². The van der Waals surface area contributed by atoms with Crippen LogP contribution in [0.3, 0.4) is 0 Å². The number of carbonyl (C=O) groups excluding carboxylic acids is 1. The molecule has 3 aromatic rings. The number of ether oxygens (including phenoxy) is 2. The fourth-order valence-corrected chi connectivity index (χ4v) is 2.96. The van der Waals surface area contributed by atoms with E-state index >= 15 is 0 Å². The number of amides is 1. The molecule has 3 rings (SSSR count). The van der Waals surface area contributed by atoms with E-state index in [9.17, 15) is 9.59 Å². The summed E-state index contributed by atoms with van der Waals surface area (Å²) in [6.45, 7) is 5.07. The standard InChI is InChI=1S/C22H25N3O4/c1-15(2)29-12-6-11-23-21(26)16-9-10-17-18(13-16)24-14-25(22(17)27)19-7-4-5-8-20(19)28-3/h4-5,7-10,13-15H,6,11-12H2,1-3H3,(H,23,26). The number of aromatic nitrogens is 2. The van der Waals surface area contributed by atoms with Gasteiger partial charge in [0.15, 0.2) is 0 Å². The third-order valence-corrected chi connectivity index (χ3v) is 4.42. The van der Waals surface area contributed by atoms with E-state index in [1.54, 1.807) is 37.4 Å². The van der Waals surface area contributed by atoms with Crippen molar-refractivity contribution in [1.29, 1.82) is 0 Å². The molecule has 152 valence electrons. The highest BCUT2D eigenvalue weighted by molar-refractivity contribution is 5.97. The summed E-state index contributed by atoms with van der Waals surface area (Å²) >= 11 is 0. The first-order valence-electron chi connectivity index (χ1n) is 9.56. The van der Waals surface area contributed by atoms with E-state index in [2.05, 4.69) is 10.3 Å². The lowest BCUT2D eigenvalue weighted by Crippen LogP contribution is -2.26. The van der Waals surface area contributed by atoms with Crippen molar-refractivity contribution in [2.75, 3.05) is 20.3 Å². The van der Waals surface area contributed by atoms with Crippen LogP contribution in [0.15, 0.2) is 53.6 Å². The predicted molar refractivity (Wildman–Crippen MR) is 112 cm³/mol. The maximum Gasteiger partial charge on any atom is 0.265 e. The van der Waals surface area contributed by atoms with Crippen LogP contribution >= 0.6 is 0 Å². The average Bonchev–Trinajstić information content (AvgIpc) is 2.73. The molecule has 0 saturated carbocycles. The Hall–Kier alpha value is -3.19. The fraction of sp³-hybridized carbons (Fsp3) is 0.318. The Kier molecular flexibility index (Phi) is 6.61. The first-order chi connectivity index (χ1) is 14.0. The van der Waals surface area contributed by atoms with Crippen LogP contribution in [0.25, 0.3) is 16.6 Å². The minimum absolute atomic E-state index is 0.178. The summed E-state index contributed by atoms with van der Waals surface area (Å²) in [7, 11) is 1.55. The van der Waals surface area contributed by atoms with Crippen molar-refractivity contribution in [2.45, 2.75) is 26.4 Å². The molecular weight excluding hydrogens is 370 g/mol. The lowest BCUT2D eigenvalue weighted by Gasteiger charge is -2.11. The zero-order chi connectivity index (χ0) is 20.8. The zero-order valence-corrected chi connectivity index (χ0v) is 16.8. The van der Waals surface area contributed by atoms with Crippen LogP contribution in [0.4, 0.5) is 0 Å². The van der Waals surface area contributed by atoms with Crippen molar-refractivity contribution < 1.29 is 14.3 Å². The summed E-state index contributed by atoms with van der Waals surface area (Å²) in [5.74, 6) is 0.375. The van der Waals surface area contributed by atoms with Gasteiger partial charge in [-0.15, -0.1) is 0 Å². The molecule has 29 heavy (non-hydrogen) atoms. The minimum Gasteiger partial charge on any atom is -0.495 e. The molecule has 7 nitrogen and oxygen atoms in total. The molecular formula is C22H25N3O4. The predicted octanol–water partition coefficient (Wildman–Crippen LogP) is 2.94. The average molecular weight is 395 g/mol. The maximum absolute atomic E-state index is 12.9. The number of methoxy groups -OCH3 is 1. The lowest BCUT2D eigenvalue weighted by molar-refractivity contribution is 0.0757. The van der Waals surface area contributed by atoms with Gasteiger partial charge in [0.1, 0.15) is 12.1 Å². The molecule has 0 aliphatic rings. The van der Waals surface area contributed by atoms with Gasteiger partial charge in [-0.2, -0.15) is 0 Å². The van der Waals surface area contributed by atoms with Gasteiger partial charge in [0.2, 0.25) is 0 Å². The van der Waals surface area contributed by atoms with Gasteiger partial charge in [-0.3, -0.25) is 14.2 Å². The van der Waals surface area contributed by atoms with E-state index in [-0.39, 0.29) is 17.6 Å². The van der Waals surface area contributed by atoms with Crippen LogP contribution in [0.1, 0.15) is 30.6 Å². The molecule has 0 bridgehead atoms. The monoisotopic (exact) mass is 395 g/mol. The molecule has 7 heteroatoms. The molecule has 1 heterocycles. The Labute approximate surface area is 169 Å². The Morgan fingerprint density at radius 3 is 2.76 bits per heavy atom. The molecule has 0 atom stereocenters. The Balaban J connectivity index is 1.79. The van der Waals surface area contributed by atoms with E-state index in [1.807, 2.05) is 26.0 Å². The summed E-state index contributed by atoms with van der Waals surface area (Å²) in [6, 6.07) is 12.1. The highest BCUT2D eigenvalue weighted by Gasteiger charge is 2.12. The minimum atomic E-state index is -0.225. The molecule has 0 radical (unpaired) electrons. The largest absolute Gasteiger partial charge is 0.495 e. The van der Waals surface area contributed by atoms with Crippen LogP contribution in [0, 0.1) is 0 Å². The quantitative estimate of drug-likeness (QED) is 0.593. The van der Waals surface area contributed by atoms with Crippen LogP contribution in [0.2, 0.25) is 0 Å². The molecule has 1 aromatic heterocycles. The van der Waals surface area contributed by atoms with Gasteiger partial charge < -0.3 is 14.8 Å². The summed E-state index contributed by atoms with van der Waals surface area (Å²) in [4.78, 5) is 29.7. The smallest absolute Gasteiger partial charge is 0.265 e. The number of nitrogens with zero attached hydrogens (tertiary/aromatic N) is 2. The number of para-hydroxylation sites is 2. The molecule has 0 saturated heterocycles. The normalized spacial score (nSPS) is 11.0. The third kappa shape index (κ3) is 4.81. The van der Waals surface area contributed by atoms with Crippen molar-refractivity contribution in [3.05, 3.63) is 64.7 Å². The molecule has 0 unspecified atom stereocenters. The van der Waals surface area contributed by atoms with E-state index in [4.69, 9.17) is 9.47 Å². The first kappa shape index (κ1) is 20.5. The third-order valence-electron chi connectivity index (χ3n) is 4.42. The second-order valence-electron chi connectivity index (χ2n) is 6.85. The summed E-state index contributed by atoms with van der Waals surface area (Å²) in [5.41, 5.74) is 1.32. The van der Waals surface area contributed by atoms with Crippen molar-refractivity contribution in [3.63, 3.8) is 0 Å². The van der Waals surface area contributed by atoms with Gasteiger partial charge in [-0.1, -0.05) is 12.1 Å². The van der Waals surface area contributed by atoms with Crippen LogP contribution in [-0.4, -0.2) is 41.8 Å². The van der Waals surface area contributed by atoms with Gasteiger partial charge >= 0.3 is 0 Å². The van der Waals surface area contributed by atoms with Gasteiger partial charge in [0.05, 0.1) is 29.8 Å². The van der Waals surface area contributed by atoms with Crippen molar-refractivity contribution in [2.24, 2.45) is 0 Å². The van der Waals surface area contributed by atoms with E-state index in [0.717, 1.165) is 6.42 Å². The van der Waals surface area contributed by atoms with E-state index in [0.29, 0.717) is 41.1 Å². The SMILES string of the molecule is COc1ccccc1-n1cnc2cc(C(=O)NCCCOC(C)C)ccc2c1=O. The second kappa shape index (κ2) is 9.34. The van der Waals surface area contributed by atoms with E-state index < -0.39 is 0 Å². The van der Waals surface area contributed by atoms with E-state index in [1.165, 1.54) is 10.9 Å². The number of carbonyl (C=O) groups is 1. The maximum atomic E-state index is 12.9. The van der Waals surface area contributed by atoms with Gasteiger partial charge in [-0.05, 0) is 50.6 Å². The van der Waals surface area contributed by atoms with Crippen molar-refractivity contribution in [1.82, 2.24) is 14.9 Å². The van der Waals surface area contributed by atoms with Crippen LogP contribution < -0.4 is 15.6 Å².